The third-order valence-electron chi connectivity index (χ3n) is 2.33. The lowest BCUT2D eigenvalue weighted by atomic mass is 10.3. The zero-order valence-corrected chi connectivity index (χ0v) is 13.7. The molecule has 0 unspecified atom stereocenters. The van der Waals surface area contributed by atoms with Crippen molar-refractivity contribution in [3.63, 3.8) is 0 Å². The van der Waals surface area contributed by atoms with E-state index in [1.807, 2.05) is 13.8 Å². The molecule has 0 aliphatic rings. The minimum absolute atomic E-state index is 0.00132. The summed E-state index contributed by atoms with van der Waals surface area (Å²) in [5.41, 5.74) is 6.22. The summed E-state index contributed by atoms with van der Waals surface area (Å²) in [6, 6.07) is 0. The Hall–Kier alpha value is -1.28. The molecule has 1 aromatic rings. The van der Waals surface area contributed by atoms with Crippen molar-refractivity contribution < 1.29 is 17.9 Å². The molecule has 1 aromatic heterocycles. The van der Waals surface area contributed by atoms with Gasteiger partial charge in [-0.3, -0.25) is 4.79 Å². The van der Waals surface area contributed by atoms with E-state index in [-0.39, 0.29) is 24.2 Å². The summed E-state index contributed by atoms with van der Waals surface area (Å²) < 4.78 is 27.8. The summed E-state index contributed by atoms with van der Waals surface area (Å²) in [6.45, 7) is 5.38. The number of ether oxygens (including phenoxy) is 1. The van der Waals surface area contributed by atoms with Gasteiger partial charge in [-0.15, -0.1) is 11.3 Å². The van der Waals surface area contributed by atoms with Crippen LogP contribution in [0, 0.1) is 0 Å². The number of Topliss-reactive ketones (excluding diaryl/α,β-unsaturated/α-hetero) is 1. The van der Waals surface area contributed by atoms with Crippen molar-refractivity contribution >= 4 is 37.6 Å². The van der Waals surface area contributed by atoms with Gasteiger partial charge in [0.1, 0.15) is 14.8 Å². The molecule has 1 rings (SSSR count). The summed E-state index contributed by atoms with van der Waals surface area (Å²) in [6.07, 6.45) is 1.08. The van der Waals surface area contributed by atoms with E-state index in [1.54, 1.807) is 0 Å². The highest BCUT2D eigenvalue weighted by Gasteiger charge is 2.21. The molecule has 0 amide bonds. The molecule has 0 aliphatic carbocycles. The number of thiophene rings is 1. The first-order valence-corrected chi connectivity index (χ1v) is 9.01. The highest BCUT2D eigenvalue weighted by atomic mass is 32.2. The molecule has 20 heavy (non-hydrogen) atoms. The smallest absolute Gasteiger partial charge is 0.177 e. The van der Waals surface area contributed by atoms with E-state index in [4.69, 9.17) is 10.5 Å². The summed E-state index contributed by atoms with van der Waals surface area (Å²) in [5, 5.41) is 3.56. The predicted octanol–water partition coefficient (Wildman–Crippen LogP) is 1.78. The maximum absolute atomic E-state index is 11.5. The quantitative estimate of drug-likeness (QED) is 0.743. The van der Waals surface area contributed by atoms with Crippen LogP contribution in [0.15, 0.2) is 0 Å². The van der Waals surface area contributed by atoms with Crippen molar-refractivity contribution in [2.45, 2.75) is 26.9 Å². The van der Waals surface area contributed by atoms with Gasteiger partial charge in [0.05, 0.1) is 22.4 Å². The number of hydrogen-bond acceptors (Lipinski definition) is 7. The Balaban J connectivity index is 2.98. The minimum Gasteiger partial charge on any atom is -0.486 e. The van der Waals surface area contributed by atoms with Crippen LogP contribution in [0.25, 0.3) is 0 Å². The van der Waals surface area contributed by atoms with Gasteiger partial charge in [-0.1, -0.05) is 0 Å². The Bertz CT molecular complexity index is 591. The predicted molar refractivity (Wildman–Crippen MR) is 82.7 cm³/mol. The van der Waals surface area contributed by atoms with Crippen LogP contribution in [-0.4, -0.2) is 38.9 Å². The SMILES string of the molecule is CC(=O)c1sc(NCCS(C)(=O)=O)c(OC(C)C)c1N. The second-order valence-electron chi connectivity index (χ2n) is 4.78. The zero-order chi connectivity index (χ0) is 15.5. The van der Waals surface area contributed by atoms with Gasteiger partial charge in [-0.05, 0) is 13.8 Å². The van der Waals surface area contributed by atoms with Gasteiger partial charge in [0.2, 0.25) is 0 Å². The molecule has 0 bridgehead atoms. The van der Waals surface area contributed by atoms with Crippen molar-refractivity contribution in [1.29, 1.82) is 0 Å². The molecule has 0 saturated heterocycles. The van der Waals surface area contributed by atoms with Gasteiger partial charge in [0, 0.05) is 19.7 Å². The summed E-state index contributed by atoms with van der Waals surface area (Å²) in [4.78, 5) is 11.9. The Kier molecular flexibility index (Phi) is 5.41. The number of rotatable bonds is 7. The fourth-order valence-electron chi connectivity index (χ4n) is 1.51. The number of carbonyl (C=O) groups excluding carboxylic acids is 1. The van der Waals surface area contributed by atoms with Crippen LogP contribution < -0.4 is 15.8 Å². The molecule has 1 heterocycles. The van der Waals surface area contributed by atoms with Crippen molar-refractivity contribution in [1.82, 2.24) is 0 Å². The monoisotopic (exact) mass is 320 g/mol. The second-order valence-corrected chi connectivity index (χ2v) is 8.06. The number of anilines is 2. The standard InChI is InChI=1S/C12H20N2O4S2/c1-7(2)18-10-9(13)11(8(3)15)19-12(10)14-5-6-20(4,16)17/h7,14H,5-6,13H2,1-4H3. The van der Waals surface area contributed by atoms with Gasteiger partial charge in [0.15, 0.2) is 11.5 Å². The normalized spacial score (nSPS) is 11.7. The number of nitrogens with two attached hydrogens (primary N) is 1. The van der Waals surface area contributed by atoms with E-state index in [0.29, 0.717) is 21.3 Å². The summed E-state index contributed by atoms with van der Waals surface area (Å²) >= 11 is 1.18. The fraction of sp³-hybridized carbons (Fsp3) is 0.583. The average Bonchev–Trinajstić information content (AvgIpc) is 2.55. The van der Waals surface area contributed by atoms with Crippen LogP contribution in [0.2, 0.25) is 0 Å². The van der Waals surface area contributed by atoms with Crippen LogP contribution >= 0.6 is 11.3 Å². The van der Waals surface area contributed by atoms with Gasteiger partial charge in [-0.2, -0.15) is 0 Å². The molecule has 8 heteroatoms. The maximum Gasteiger partial charge on any atom is 0.177 e. The third kappa shape index (κ3) is 4.68. The summed E-state index contributed by atoms with van der Waals surface area (Å²) in [7, 11) is -3.05. The molecule has 114 valence electrons. The molecule has 0 saturated carbocycles. The van der Waals surface area contributed by atoms with Gasteiger partial charge in [0.25, 0.3) is 0 Å². The zero-order valence-electron chi connectivity index (χ0n) is 12.0. The van der Waals surface area contributed by atoms with E-state index < -0.39 is 9.84 Å². The van der Waals surface area contributed by atoms with E-state index >= 15 is 0 Å². The van der Waals surface area contributed by atoms with E-state index in [2.05, 4.69) is 5.32 Å². The summed E-state index contributed by atoms with van der Waals surface area (Å²) in [5.74, 6) is 0.280. The molecule has 0 radical (unpaired) electrons. The first-order valence-electron chi connectivity index (χ1n) is 6.13. The molecule has 3 N–H and O–H groups in total. The van der Waals surface area contributed by atoms with Gasteiger partial charge < -0.3 is 15.8 Å². The number of sulfone groups is 1. The number of carbonyl (C=O) groups is 1. The van der Waals surface area contributed by atoms with Crippen molar-refractivity contribution in [3.8, 4) is 5.75 Å². The van der Waals surface area contributed by atoms with Gasteiger partial charge in [-0.25, -0.2) is 8.42 Å². The molecular formula is C12H20N2O4S2. The largest absolute Gasteiger partial charge is 0.486 e. The van der Waals surface area contributed by atoms with E-state index in [1.165, 1.54) is 24.5 Å². The molecule has 6 nitrogen and oxygen atoms in total. The van der Waals surface area contributed by atoms with Crippen LogP contribution in [0.1, 0.15) is 30.4 Å². The minimum atomic E-state index is -3.05. The average molecular weight is 320 g/mol. The highest BCUT2D eigenvalue weighted by Crippen LogP contribution is 2.43. The Morgan fingerprint density at radius 1 is 1.45 bits per heavy atom. The van der Waals surface area contributed by atoms with Crippen LogP contribution in [0.5, 0.6) is 5.75 Å². The first-order chi connectivity index (χ1) is 9.11. The van der Waals surface area contributed by atoms with Crippen LogP contribution in [-0.2, 0) is 9.84 Å². The highest BCUT2D eigenvalue weighted by molar-refractivity contribution is 7.90. The molecule has 0 atom stereocenters. The Labute approximate surface area is 123 Å². The van der Waals surface area contributed by atoms with Crippen LogP contribution in [0.4, 0.5) is 10.7 Å². The number of ketones is 1. The molecule has 0 aliphatic heterocycles. The molecule has 0 aromatic carbocycles. The lowest BCUT2D eigenvalue weighted by Gasteiger charge is -2.12. The van der Waals surface area contributed by atoms with Crippen LogP contribution in [0.3, 0.4) is 0 Å². The first kappa shape index (κ1) is 16.8. The third-order valence-corrected chi connectivity index (χ3v) is 4.52. The fourth-order valence-corrected chi connectivity index (χ4v) is 2.96. The lowest BCUT2D eigenvalue weighted by Crippen LogP contribution is -2.15. The Morgan fingerprint density at radius 3 is 2.50 bits per heavy atom. The topological polar surface area (TPSA) is 98.5 Å². The van der Waals surface area contributed by atoms with Crippen molar-refractivity contribution in [2.75, 3.05) is 29.6 Å². The number of nitrogen functional groups attached to an aromatic ring is 1. The van der Waals surface area contributed by atoms with Crippen molar-refractivity contribution in [2.24, 2.45) is 0 Å². The Morgan fingerprint density at radius 2 is 2.05 bits per heavy atom. The second kappa shape index (κ2) is 6.45. The van der Waals surface area contributed by atoms with Gasteiger partial charge >= 0.3 is 0 Å². The maximum atomic E-state index is 11.5. The van der Waals surface area contributed by atoms with E-state index in [0.717, 1.165) is 0 Å². The number of hydrogen-bond donors (Lipinski definition) is 2. The van der Waals surface area contributed by atoms with Crippen molar-refractivity contribution in [3.05, 3.63) is 4.88 Å². The number of nitrogens with one attached hydrogen (secondary N) is 1. The molecule has 0 fully saturated rings. The van der Waals surface area contributed by atoms with E-state index in [9.17, 15) is 13.2 Å². The molecular weight excluding hydrogens is 300 g/mol. The lowest BCUT2D eigenvalue weighted by molar-refractivity contribution is 0.102. The molecule has 0 spiro atoms.